The molecule has 2 rings (SSSR count). The van der Waals surface area contributed by atoms with E-state index in [1.165, 1.54) is 0 Å². The quantitative estimate of drug-likeness (QED) is 0.237. The summed E-state index contributed by atoms with van der Waals surface area (Å²) in [4.78, 5) is 20.5. The van der Waals surface area contributed by atoms with Crippen molar-refractivity contribution in [2.75, 3.05) is 52.6 Å². The number of aliphatic imine (C=N–C) groups is 1. The molecule has 1 saturated carbocycles. The predicted octanol–water partition coefficient (Wildman–Crippen LogP) is -0.596. The van der Waals surface area contributed by atoms with Crippen molar-refractivity contribution in [1.29, 1.82) is 0 Å². The smallest absolute Gasteiger partial charge is 0.234 e. The second-order valence-corrected chi connectivity index (χ2v) is 9.51. The fraction of sp³-hybridized carbons (Fsp3) is 0.875. The second-order valence-electron chi connectivity index (χ2n) is 7.76. The Morgan fingerprint density at radius 2 is 1.78 bits per heavy atom. The van der Waals surface area contributed by atoms with Crippen LogP contribution in [0.2, 0.25) is 0 Å². The van der Waals surface area contributed by atoms with Gasteiger partial charge in [0.1, 0.15) is 0 Å². The maximum atomic E-state index is 11.9. The zero-order valence-electron chi connectivity index (χ0n) is 16.6. The molecule has 1 heterocycles. The molecule has 0 bridgehead atoms. The van der Waals surface area contributed by atoms with E-state index in [4.69, 9.17) is 0 Å². The van der Waals surface area contributed by atoms with Crippen molar-refractivity contribution < 1.29 is 13.2 Å². The molecular formula is C16H33IN6O3S. The Morgan fingerprint density at radius 3 is 2.26 bits per heavy atom. The van der Waals surface area contributed by atoms with Gasteiger partial charge in [-0.15, -0.1) is 24.0 Å². The maximum Gasteiger partial charge on any atom is 0.234 e. The molecule has 1 aliphatic heterocycles. The molecule has 2 aliphatic rings. The number of nitrogens with zero attached hydrogens (tertiary/aromatic N) is 3. The topological polar surface area (TPSA) is 106 Å². The van der Waals surface area contributed by atoms with Gasteiger partial charge in [-0.3, -0.25) is 14.7 Å². The first-order chi connectivity index (χ1) is 12.1. The van der Waals surface area contributed by atoms with Crippen LogP contribution in [0.1, 0.15) is 26.7 Å². The number of halogens is 1. The third kappa shape index (κ3) is 9.39. The molecule has 0 aromatic heterocycles. The Kier molecular flexibility index (Phi) is 9.22. The molecule has 0 atom stereocenters. The van der Waals surface area contributed by atoms with Crippen LogP contribution in [0.15, 0.2) is 4.99 Å². The molecule has 2 fully saturated rings. The third-order valence-electron chi connectivity index (χ3n) is 4.34. The number of nitrogens with one attached hydrogen (secondary N) is 3. The number of sulfonamides is 1. The first-order valence-corrected chi connectivity index (χ1v) is 10.9. The lowest BCUT2D eigenvalue weighted by atomic mass is 10.1. The minimum absolute atomic E-state index is 0. The SMILES string of the molecule is CN=C(NCC(C)(C)NS(C)(=O)=O)N1CCN(CC(=O)NC2CC2)CC1.I. The highest BCUT2D eigenvalue weighted by atomic mass is 127. The van der Waals surface area contributed by atoms with Gasteiger partial charge in [-0.1, -0.05) is 0 Å². The van der Waals surface area contributed by atoms with E-state index in [-0.39, 0.29) is 29.9 Å². The molecule has 1 saturated heterocycles. The molecule has 3 N–H and O–H groups in total. The van der Waals surface area contributed by atoms with E-state index in [1.807, 2.05) is 13.8 Å². The monoisotopic (exact) mass is 516 g/mol. The lowest BCUT2D eigenvalue weighted by Crippen LogP contribution is -2.57. The number of hydrogen-bond donors (Lipinski definition) is 3. The summed E-state index contributed by atoms with van der Waals surface area (Å²) < 4.78 is 25.5. The fourth-order valence-corrected chi connectivity index (χ4v) is 4.07. The van der Waals surface area contributed by atoms with E-state index in [0.717, 1.165) is 51.2 Å². The largest absolute Gasteiger partial charge is 0.354 e. The molecule has 0 aromatic rings. The zero-order valence-corrected chi connectivity index (χ0v) is 19.8. The van der Waals surface area contributed by atoms with Crippen LogP contribution in [0.25, 0.3) is 0 Å². The summed E-state index contributed by atoms with van der Waals surface area (Å²) in [5.41, 5.74) is -0.619. The van der Waals surface area contributed by atoms with Crippen LogP contribution in [0.3, 0.4) is 0 Å². The van der Waals surface area contributed by atoms with Gasteiger partial charge in [-0.25, -0.2) is 13.1 Å². The van der Waals surface area contributed by atoms with Crippen molar-refractivity contribution in [1.82, 2.24) is 25.2 Å². The van der Waals surface area contributed by atoms with Gasteiger partial charge in [-0.2, -0.15) is 0 Å². The number of carbonyl (C=O) groups is 1. The summed E-state index contributed by atoms with van der Waals surface area (Å²) in [5.74, 6) is 0.854. The van der Waals surface area contributed by atoms with Gasteiger partial charge in [0.25, 0.3) is 0 Å². The number of carbonyl (C=O) groups excluding carboxylic acids is 1. The lowest BCUT2D eigenvalue weighted by Gasteiger charge is -2.37. The van der Waals surface area contributed by atoms with Gasteiger partial charge in [0.2, 0.25) is 15.9 Å². The molecular weight excluding hydrogens is 483 g/mol. The van der Waals surface area contributed by atoms with Gasteiger partial charge in [0, 0.05) is 51.4 Å². The van der Waals surface area contributed by atoms with E-state index in [0.29, 0.717) is 19.1 Å². The van der Waals surface area contributed by atoms with Gasteiger partial charge < -0.3 is 15.5 Å². The summed E-state index contributed by atoms with van der Waals surface area (Å²) in [5, 5.41) is 6.26. The third-order valence-corrected chi connectivity index (χ3v) is 5.27. The molecule has 1 amide bonds. The molecule has 11 heteroatoms. The van der Waals surface area contributed by atoms with E-state index < -0.39 is 15.6 Å². The van der Waals surface area contributed by atoms with E-state index in [9.17, 15) is 13.2 Å². The highest BCUT2D eigenvalue weighted by Gasteiger charge is 2.27. The molecule has 0 aromatic carbocycles. The van der Waals surface area contributed by atoms with Gasteiger partial charge in [0.05, 0.1) is 12.8 Å². The standard InChI is InChI=1S/C16H32N6O3S.HI/c1-16(2,20-26(4,24)25)12-18-15(17-3)22-9-7-21(8-10-22)11-14(23)19-13-5-6-13;/h13,20H,5-12H2,1-4H3,(H,17,18)(H,19,23);1H. The van der Waals surface area contributed by atoms with Crippen LogP contribution >= 0.6 is 24.0 Å². The Balaban J connectivity index is 0.00000364. The zero-order chi connectivity index (χ0) is 19.4. The average molecular weight is 516 g/mol. The van der Waals surface area contributed by atoms with Crippen molar-refractivity contribution >= 4 is 45.9 Å². The molecule has 0 radical (unpaired) electrons. The van der Waals surface area contributed by atoms with Crippen molar-refractivity contribution in [2.24, 2.45) is 4.99 Å². The Hall–Kier alpha value is -0.660. The molecule has 27 heavy (non-hydrogen) atoms. The summed E-state index contributed by atoms with van der Waals surface area (Å²) >= 11 is 0. The van der Waals surface area contributed by atoms with Gasteiger partial charge in [-0.05, 0) is 26.7 Å². The van der Waals surface area contributed by atoms with Crippen LogP contribution in [0.5, 0.6) is 0 Å². The van der Waals surface area contributed by atoms with Crippen LogP contribution in [0, 0.1) is 0 Å². The van der Waals surface area contributed by atoms with Gasteiger partial charge >= 0.3 is 0 Å². The molecule has 1 aliphatic carbocycles. The molecule has 0 spiro atoms. The minimum Gasteiger partial charge on any atom is -0.354 e. The van der Waals surface area contributed by atoms with E-state index in [1.54, 1.807) is 7.05 Å². The average Bonchev–Trinajstić information content (AvgIpc) is 3.30. The van der Waals surface area contributed by atoms with Crippen LogP contribution in [-0.4, -0.2) is 94.2 Å². The van der Waals surface area contributed by atoms with Crippen molar-refractivity contribution in [3.63, 3.8) is 0 Å². The molecule has 0 unspecified atom stereocenters. The lowest BCUT2D eigenvalue weighted by molar-refractivity contribution is -0.122. The summed E-state index contributed by atoms with van der Waals surface area (Å²) in [7, 11) is -1.56. The van der Waals surface area contributed by atoms with Crippen molar-refractivity contribution in [3.05, 3.63) is 0 Å². The number of hydrogen-bond acceptors (Lipinski definition) is 5. The minimum atomic E-state index is -3.27. The fourth-order valence-electron chi connectivity index (χ4n) is 2.99. The number of rotatable bonds is 7. The predicted molar refractivity (Wildman–Crippen MR) is 118 cm³/mol. The number of piperazine rings is 1. The van der Waals surface area contributed by atoms with E-state index in [2.05, 4.69) is 30.1 Å². The number of amides is 1. The summed E-state index contributed by atoms with van der Waals surface area (Å²) in [6.45, 7) is 7.66. The first kappa shape index (κ1) is 24.4. The number of guanidine groups is 1. The Labute approximate surface area is 179 Å². The Bertz CT molecular complexity index is 628. The van der Waals surface area contributed by atoms with Crippen LogP contribution in [-0.2, 0) is 14.8 Å². The van der Waals surface area contributed by atoms with E-state index >= 15 is 0 Å². The Morgan fingerprint density at radius 1 is 1.19 bits per heavy atom. The molecule has 158 valence electrons. The van der Waals surface area contributed by atoms with Crippen molar-refractivity contribution in [3.8, 4) is 0 Å². The normalized spacial score (nSPS) is 19.4. The summed E-state index contributed by atoms with van der Waals surface area (Å²) in [6, 6.07) is 0.399. The van der Waals surface area contributed by atoms with Crippen LogP contribution < -0.4 is 15.4 Å². The van der Waals surface area contributed by atoms with Crippen molar-refractivity contribution in [2.45, 2.75) is 38.3 Å². The summed E-state index contributed by atoms with van der Waals surface area (Å²) in [6.07, 6.45) is 3.36. The maximum absolute atomic E-state index is 11.9. The second kappa shape index (κ2) is 10.2. The molecule has 9 nitrogen and oxygen atoms in total. The highest BCUT2D eigenvalue weighted by Crippen LogP contribution is 2.18. The first-order valence-electron chi connectivity index (χ1n) is 9.04. The highest BCUT2D eigenvalue weighted by molar-refractivity contribution is 14.0. The van der Waals surface area contributed by atoms with Gasteiger partial charge in [0.15, 0.2) is 5.96 Å². The van der Waals surface area contributed by atoms with Crippen LogP contribution in [0.4, 0.5) is 0 Å².